The van der Waals surface area contributed by atoms with Gasteiger partial charge in [-0.1, -0.05) is 25.3 Å². The molecule has 0 bridgehead atoms. The van der Waals surface area contributed by atoms with Gasteiger partial charge in [0.2, 0.25) is 0 Å². The second-order valence-corrected chi connectivity index (χ2v) is 5.22. The fourth-order valence-electron chi connectivity index (χ4n) is 3.19. The average molecular weight is 269 g/mol. The maximum atomic E-state index is 13.4. The molecule has 1 aromatic rings. The summed E-state index contributed by atoms with van der Waals surface area (Å²) in [5, 5.41) is 3.21. The number of ether oxygens (including phenoxy) is 1. The first-order valence-corrected chi connectivity index (χ1v) is 6.80. The Hall–Kier alpha value is -1.00. The number of methoxy groups -OCH3 is 1. The maximum absolute atomic E-state index is 13.4. The van der Waals surface area contributed by atoms with Gasteiger partial charge in [0, 0.05) is 7.11 Å². The molecule has 0 aliphatic heterocycles. The lowest BCUT2D eigenvalue weighted by molar-refractivity contribution is -0.0672. The van der Waals surface area contributed by atoms with Gasteiger partial charge in [-0.25, -0.2) is 8.78 Å². The molecule has 19 heavy (non-hydrogen) atoms. The summed E-state index contributed by atoms with van der Waals surface area (Å²) < 4.78 is 32.3. The normalized spacial score (nSPS) is 20.2. The van der Waals surface area contributed by atoms with Crippen LogP contribution in [0.15, 0.2) is 18.2 Å². The molecule has 1 saturated carbocycles. The van der Waals surface area contributed by atoms with Crippen molar-refractivity contribution in [3.05, 3.63) is 35.4 Å². The monoisotopic (exact) mass is 269 g/mol. The predicted octanol–water partition coefficient (Wildman–Crippen LogP) is 3.57. The highest BCUT2D eigenvalue weighted by molar-refractivity contribution is 5.24. The molecule has 2 rings (SSSR count). The van der Waals surface area contributed by atoms with Gasteiger partial charge in [0.25, 0.3) is 0 Å². The lowest BCUT2D eigenvalue weighted by Gasteiger charge is -2.42. The Labute approximate surface area is 113 Å². The number of hydrogen-bond acceptors (Lipinski definition) is 2. The van der Waals surface area contributed by atoms with Crippen LogP contribution >= 0.6 is 0 Å². The number of hydrogen-bond donors (Lipinski definition) is 1. The SMILES string of the molecule is CNC(c1ccc(F)c(F)c1)C1(OC)CCCCC1. The van der Waals surface area contributed by atoms with Crippen LogP contribution in [0.4, 0.5) is 8.78 Å². The van der Waals surface area contributed by atoms with Gasteiger partial charge >= 0.3 is 0 Å². The molecule has 0 aromatic heterocycles. The molecule has 0 spiro atoms. The minimum absolute atomic E-state index is 0.118. The lowest BCUT2D eigenvalue weighted by Crippen LogP contribution is -2.46. The van der Waals surface area contributed by atoms with E-state index in [9.17, 15) is 8.78 Å². The summed E-state index contributed by atoms with van der Waals surface area (Å²) in [6, 6.07) is 3.97. The molecule has 2 nitrogen and oxygen atoms in total. The summed E-state index contributed by atoms with van der Waals surface area (Å²) in [5.41, 5.74) is 0.419. The van der Waals surface area contributed by atoms with E-state index in [4.69, 9.17) is 4.74 Å². The lowest BCUT2D eigenvalue weighted by atomic mass is 9.76. The number of nitrogens with one attached hydrogen (secondary N) is 1. The molecule has 1 N–H and O–H groups in total. The Morgan fingerprint density at radius 1 is 1.16 bits per heavy atom. The van der Waals surface area contributed by atoms with E-state index < -0.39 is 11.6 Å². The zero-order valence-electron chi connectivity index (χ0n) is 11.5. The molecule has 1 aromatic carbocycles. The van der Waals surface area contributed by atoms with Crippen molar-refractivity contribution >= 4 is 0 Å². The van der Waals surface area contributed by atoms with Crippen LogP contribution in [0.25, 0.3) is 0 Å². The van der Waals surface area contributed by atoms with E-state index in [2.05, 4.69) is 5.32 Å². The van der Waals surface area contributed by atoms with E-state index >= 15 is 0 Å². The number of halogens is 2. The first kappa shape index (κ1) is 14.4. The van der Waals surface area contributed by atoms with Crippen LogP contribution in [0.2, 0.25) is 0 Å². The minimum Gasteiger partial charge on any atom is -0.376 e. The maximum Gasteiger partial charge on any atom is 0.159 e. The van der Waals surface area contributed by atoms with Crippen LogP contribution in [0.3, 0.4) is 0 Å². The van der Waals surface area contributed by atoms with Gasteiger partial charge in [-0.05, 0) is 37.6 Å². The van der Waals surface area contributed by atoms with Gasteiger partial charge in [0.05, 0.1) is 11.6 Å². The molecule has 1 aliphatic carbocycles. The summed E-state index contributed by atoms with van der Waals surface area (Å²) in [5.74, 6) is -1.62. The third-order valence-corrected chi connectivity index (χ3v) is 4.20. The summed E-state index contributed by atoms with van der Waals surface area (Å²) in [6.07, 6.45) is 5.30. The van der Waals surface area contributed by atoms with Crippen molar-refractivity contribution in [2.75, 3.05) is 14.2 Å². The first-order chi connectivity index (χ1) is 9.13. The highest BCUT2D eigenvalue weighted by Gasteiger charge is 2.40. The van der Waals surface area contributed by atoms with Gasteiger partial charge in [0.1, 0.15) is 0 Å². The van der Waals surface area contributed by atoms with Crippen LogP contribution in [-0.4, -0.2) is 19.8 Å². The summed E-state index contributed by atoms with van der Waals surface area (Å²) in [4.78, 5) is 0. The molecule has 1 aliphatic rings. The van der Waals surface area contributed by atoms with Crippen molar-refractivity contribution in [2.45, 2.75) is 43.7 Å². The van der Waals surface area contributed by atoms with Gasteiger partial charge < -0.3 is 10.1 Å². The van der Waals surface area contributed by atoms with Crippen LogP contribution in [0.5, 0.6) is 0 Å². The minimum atomic E-state index is -0.811. The molecule has 1 atom stereocenters. The second-order valence-electron chi connectivity index (χ2n) is 5.22. The first-order valence-electron chi connectivity index (χ1n) is 6.80. The number of benzene rings is 1. The molecule has 0 saturated heterocycles. The van der Waals surface area contributed by atoms with Crippen molar-refractivity contribution in [1.82, 2.24) is 5.32 Å². The van der Waals surface area contributed by atoms with E-state index in [1.165, 1.54) is 18.6 Å². The Bertz CT molecular complexity index is 430. The molecule has 0 radical (unpaired) electrons. The largest absolute Gasteiger partial charge is 0.376 e. The standard InChI is InChI=1S/C15H21F2NO/c1-18-14(11-6-7-12(16)13(17)10-11)15(19-2)8-4-3-5-9-15/h6-7,10,14,18H,3-5,8-9H2,1-2H3. The van der Waals surface area contributed by atoms with Gasteiger partial charge in [-0.15, -0.1) is 0 Å². The Kier molecular flexibility index (Phi) is 4.53. The van der Waals surface area contributed by atoms with E-state index in [1.54, 1.807) is 13.2 Å². The fourth-order valence-corrected chi connectivity index (χ4v) is 3.19. The summed E-state index contributed by atoms with van der Waals surface area (Å²) in [7, 11) is 3.54. The number of likely N-dealkylation sites (N-methyl/N-ethyl adjacent to an activating group) is 1. The third kappa shape index (κ3) is 2.79. The van der Waals surface area contributed by atoms with E-state index in [1.807, 2.05) is 7.05 Å². The second kappa shape index (κ2) is 5.97. The van der Waals surface area contributed by atoms with Crippen molar-refractivity contribution in [1.29, 1.82) is 0 Å². The van der Waals surface area contributed by atoms with E-state index in [-0.39, 0.29) is 11.6 Å². The van der Waals surface area contributed by atoms with Crippen molar-refractivity contribution < 1.29 is 13.5 Å². The molecular formula is C15H21F2NO. The van der Waals surface area contributed by atoms with Crippen molar-refractivity contribution in [3.63, 3.8) is 0 Å². The molecule has 0 heterocycles. The molecule has 4 heteroatoms. The Balaban J connectivity index is 2.33. The zero-order chi connectivity index (χ0) is 13.9. The van der Waals surface area contributed by atoms with Crippen LogP contribution in [-0.2, 0) is 4.74 Å². The smallest absolute Gasteiger partial charge is 0.159 e. The fraction of sp³-hybridized carbons (Fsp3) is 0.600. The molecule has 1 unspecified atom stereocenters. The summed E-state index contributed by atoms with van der Waals surface area (Å²) in [6.45, 7) is 0. The van der Waals surface area contributed by atoms with Crippen LogP contribution in [0, 0.1) is 11.6 Å². The van der Waals surface area contributed by atoms with Gasteiger partial charge in [-0.2, -0.15) is 0 Å². The highest BCUT2D eigenvalue weighted by atomic mass is 19.2. The van der Waals surface area contributed by atoms with Crippen LogP contribution < -0.4 is 5.32 Å². The van der Waals surface area contributed by atoms with E-state index in [0.29, 0.717) is 0 Å². The summed E-state index contributed by atoms with van der Waals surface area (Å²) >= 11 is 0. The van der Waals surface area contributed by atoms with Gasteiger partial charge in [0.15, 0.2) is 11.6 Å². The molecule has 106 valence electrons. The van der Waals surface area contributed by atoms with Crippen molar-refractivity contribution in [2.24, 2.45) is 0 Å². The number of rotatable bonds is 4. The third-order valence-electron chi connectivity index (χ3n) is 4.20. The van der Waals surface area contributed by atoms with Crippen molar-refractivity contribution in [3.8, 4) is 0 Å². The zero-order valence-corrected chi connectivity index (χ0v) is 11.5. The van der Waals surface area contributed by atoms with Crippen LogP contribution in [0.1, 0.15) is 43.7 Å². The topological polar surface area (TPSA) is 21.3 Å². The average Bonchev–Trinajstić information content (AvgIpc) is 2.44. The quantitative estimate of drug-likeness (QED) is 0.902. The highest BCUT2D eigenvalue weighted by Crippen LogP contribution is 2.41. The van der Waals surface area contributed by atoms with E-state index in [0.717, 1.165) is 31.2 Å². The Morgan fingerprint density at radius 2 is 1.84 bits per heavy atom. The molecular weight excluding hydrogens is 248 g/mol. The Morgan fingerprint density at radius 3 is 2.37 bits per heavy atom. The molecule has 0 amide bonds. The predicted molar refractivity (Wildman–Crippen MR) is 71.0 cm³/mol. The van der Waals surface area contributed by atoms with Gasteiger partial charge in [-0.3, -0.25) is 0 Å². The molecule has 1 fully saturated rings.